The number of allylic oxidation sites excluding steroid dienone is 4. The molecule has 0 aliphatic heterocycles. The number of nitrogens with one attached hydrogen (secondary N) is 2. The molecule has 0 heterocycles. The van der Waals surface area contributed by atoms with Crippen molar-refractivity contribution < 1.29 is 38.2 Å². The van der Waals surface area contributed by atoms with Crippen LogP contribution in [0.25, 0.3) is 10.8 Å². The van der Waals surface area contributed by atoms with Crippen molar-refractivity contribution in [3.05, 3.63) is 100 Å². The van der Waals surface area contributed by atoms with E-state index in [0.717, 1.165) is 30.3 Å². The average Bonchev–Trinajstić information content (AvgIpc) is 2.85. The topological polar surface area (TPSA) is 133 Å². The number of carboxylic acid groups (broad SMARTS) is 2. The van der Waals surface area contributed by atoms with Crippen LogP contribution in [0.5, 0.6) is 0 Å². The smallest absolute Gasteiger partial charge is 0.336 e. The zero-order chi connectivity index (χ0) is 26.9. The molecular weight excluding hydrogens is 486 g/mol. The lowest BCUT2D eigenvalue weighted by molar-refractivity contribution is 0.0686. The quantitative estimate of drug-likeness (QED) is 0.366. The van der Waals surface area contributed by atoms with E-state index in [0.29, 0.717) is 5.70 Å². The number of carboxylic acids is 2. The van der Waals surface area contributed by atoms with Crippen LogP contribution >= 0.6 is 0 Å². The van der Waals surface area contributed by atoms with Crippen molar-refractivity contribution in [2.24, 2.45) is 5.92 Å². The van der Waals surface area contributed by atoms with Gasteiger partial charge in [0.2, 0.25) is 0 Å². The number of rotatable bonds is 6. The van der Waals surface area contributed by atoms with Crippen LogP contribution in [-0.2, 0) is 0 Å². The summed E-state index contributed by atoms with van der Waals surface area (Å²) in [5.74, 6) is -5.69. The van der Waals surface area contributed by atoms with Crippen LogP contribution in [0.2, 0.25) is 0 Å². The van der Waals surface area contributed by atoms with Crippen molar-refractivity contribution in [1.82, 2.24) is 5.32 Å². The molecule has 0 bridgehead atoms. The largest absolute Gasteiger partial charge is 0.478 e. The number of benzene rings is 3. The first kappa shape index (κ1) is 25.2. The van der Waals surface area contributed by atoms with E-state index in [9.17, 15) is 38.2 Å². The molecule has 0 radical (unpaired) electrons. The Labute approximate surface area is 208 Å². The third kappa shape index (κ3) is 5.08. The second-order valence-electron chi connectivity index (χ2n) is 8.44. The second kappa shape index (κ2) is 10.0. The van der Waals surface area contributed by atoms with Crippen LogP contribution in [0.1, 0.15) is 54.8 Å². The molecule has 0 spiro atoms. The third-order valence-electron chi connectivity index (χ3n) is 5.95. The maximum atomic E-state index is 13.6. The van der Waals surface area contributed by atoms with Gasteiger partial charge in [-0.3, -0.25) is 9.59 Å². The summed E-state index contributed by atoms with van der Waals surface area (Å²) in [6.07, 6.45) is 2.68. The van der Waals surface area contributed by atoms with Gasteiger partial charge in [0.1, 0.15) is 11.6 Å². The highest BCUT2D eigenvalue weighted by atomic mass is 19.1. The number of amides is 2. The van der Waals surface area contributed by atoms with Crippen molar-refractivity contribution >= 4 is 40.2 Å². The number of carbonyl (C=O) groups is 4. The lowest BCUT2D eigenvalue weighted by atomic mass is 9.90. The molecular formula is C27H20F2N2O6. The van der Waals surface area contributed by atoms with Crippen molar-refractivity contribution in [3.8, 4) is 0 Å². The van der Waals surface area contributed by atoms with Gasteiger partial charge in [0.05, 0.1) is 11.1 Å². The molecule has 37 heavy (non-hydrogen) atoms. The normalized spacial score (nSPS) is 14.9. The summed E-state index contributed by atoms with van der Waals surface area (Å²) < 4.78 is 26.8. The highest BCUT2D eigenvalue weighted by Crippen LogP contribution is 2.32. The van der Waals surface area contributed by atoms with E-state index in [4.69, 9.17) is 0 Å². The van der Waals surface area contributed by atoms with E-state index in [1.165, 1.54) is 30.4 Å². The predicted molar refractivity (Wildman–Crippen MR) is 131 cm³/mol. The summed E-state index contributed by atoms with van der Waals surface area (Å²) in [5, 5.41) is 24.3. The van der Waals surface area contributed by atoms with Gasteiger partial charge in [-0.25, -0.2) is 18.4 Å². The Morgan fingerprint density at radius 2 is 1.22 bits per heavy atom. The number of fused-ring (bicyclic) bond motifs is 1. The summed E-state index contributed by atoms with van der Waals surface area (Å²) in [7, 11) is 0. The number of hydrogen-bond acceptors (Lipinski definition) is 4. The third-order valence-corrected chi connectivity index (χ3v) is 5.95. The summed E-state index contributed by atoms with van der Waals surface area (Å²) in [5.41, 5.74) is -0.564. The Hall–Kier alpha value is -4.86. The van der Waals surface area contributed by atoms with E-state index in [-0.39, 0.29) is 45.8 Å². The number of anilines is 1. The van der Waals surface area contributed by atoms with Crippen LogP contribution in [-0.4, -0.2) is 34.0 Å². The zero-order valence-corrected chi connectivity index (χ0v) is 19.3. The minimum absolute atomic E-state index is 0.0683. The van der Waals surface area contributed by atoms with E-state index in [2.05, 4.69) is 10.6 Å². The van der Waals surface area contributed by atoms with Gasteiger partial charge in [-0.2, -0.15) is 0 Å². The fourth-order valence-corrected chi connectivity index (χ4v) is 4.14. The highest BCUT2D eigenvalue weighted by molar-refractivity contribution is 6.24. The van der Waals surface area contributed by atoms with Gasteiger partial charge < -0.3 is 20.8 Å². The fourth-order valence-electron chi connectivity index (χ4n) is 4.14. The zero-order valence-electron chi connectivity index (χ0n) is 19.3. The SMILES string of the molecule is CC1CC(F)=CC=C1NC(=O)c1ccc(C(=O)O)c2c(C(=O)Nc3ccc(F)cc3)ccc(C(=O)O)c12. The second-order valence-corrected chi connectivity index (χ2v) is 8.44. The minimum Gasteiger partial charge on any atom is -0.478 e. The van der Waals surface area contributed by atoms with Crippen molar-refractivity contribution in [2.45, 2.75) is 13.3 Å². The first-order valence-electron chi connectivity index (χ1n) is 11.1. The van der Waals surface area contributed by atoms with E-state index < -0.39 is 40.7 Å². The van der Waals surface area contributed by atoms with Gasteiger partial charge in [0, 0.05) is 45.6 Å². The molecule has 0 aromatic heterocycles. The lowest BCUT2D eigenvalue weighted by Gasteiger charge is -2.20. The number of carbonyl (C=O) groups excluding carboxylic acids is 2. The average molecular weight is 506 g/mol. The van der Waals surface area contributed by atoms with Crippen LogP contribution < -0.4 is 10.6 Å². The maximum Gasteiger partial charge on any atom is 0.336 e. The number of aromatic carboxylic acids is 2. The van der Waals surface area contributed by atoms with Crippen LogP contribution in [0, 0.1) is 11.7 Å². The molecule has 10 heteroatoms. The molecule has 4 N–H and O–H groups in total. The molecule has 8 nitrogen and oxygen atoms in total. The van der Waals surface area contributed by atoms with Crippen LogP contribution in [0.4, 0.5) is 14.5 Å². The first-order chi connectivity index (χ1) is 17.6. The molecule has 0 saturated carbocycles. The Bertz CT molecular complexity index is 1530. The molecule has 1 unspecified atom stereocenters. The molecule has 1 atom stereocenters. The summed E-state index contributed by atoms with van der Waals surface area (Å²) in [6, 6.07) is 9.37. The molecule has 1 aliphatic rings. The van der Waals surface area contributed by atoms with Gasteiger partial charge in [0.15, 0.2) is 0 Å². The molecule has 3 aromatic carbocycles. The van der Waals surface area contributed by atoms with E-state index in [1.54, 1.807) is 6.92 Å². The van der Waals surface area contributed by atoms with E-state index in [1.807, 2.05) is 0 Å². The summed E-state index contributed by atoms with van der Waals surface area (Å²) in [4.78, 5) is 50.6. The van der Waals surface area contributed by atoms with Crippen molar-refractivity contribution in [1.29, 1.82) is 0 Å². The van der Waals surface area contributed by atoms with Gasteiger partial charge in [-0.1, -0.05) is 6.92 Å². The first-order valence-corrected chi connectivity index (χ1v) is 11.1. The molecule has 2 amide bonds. The van der Waals surface area contributed by atoms with Crippen molar-refractivity contribution in [3.63, 3.8) is 0 Å². The monoisotopic (exact) mass is 506 g/mol. The molecule has 4 rings (SSSR count). The Balaban J connectivity index is 1.89. The molecule has 3 aromatic rings. The Kier molecular flexibility index (Phi) is 6.83. The number of hydrogen-bond donors (Lipinski definition) is 4. The van der Waals surface area contributed by atoms with E-state index >= 15 is 0 Å². The predicted octanol–water partition coefficient (Wildman–Crippen LogP) is 5.13. The standard InChI is InChI=1S/C27H20F2N2O6/c1-13-12-15(29)4-11-21(13)31-25(33)18-8-10-19(26(34)35)22-17(7-9-20(23(18)22)27(36)37)24(32)30-16-5-2-14(28)3-6-16/h2-11,13H,12H2,1H3,(H,30,32)(H,31,33)(H,34,35)(H,36,37). The van der Waals surface area contributed by atoms with Crippen LogP contribution in [0.3, 0.4) is 0 Å². The molecule has 1 aliphatic carbocycles. The molecule has 188 valence electrons. The number of halogens is 2. The summed E-state index contributed by atoms with van der Waals surface area (Å²) >= 11 is 0. The Morgan fingerprint density at radius 1 is 0.730 bits per heavy atom. The maximum absolute atomic E-state index is 13.6. The molecule has 0 saturated heterocycles. The molecule has 0 fully saturated rings. The highest BCUT2D eigenvalue weighted by Gasteiger charge is 2.27. The lowest BCUT2D eigenvalue weighted by Crippen LogP contribution is -2.28. The summed E-state index contributed by atoms with van der Waals surface area (Å²) in [6.45, 7) is 1.70. The van der Waals surface area contributed by atoms with Gasteiger partial charge in [0.25, 0.3) is 11.8 Å². The minimum atomic E-state index is -1.44. The van der Waals surface area contributed by atoms with Crippen molar-refractivity contribution in [2.75, 3.05) is 5.32 Å². The van der Waals surface area contributed by atoms with Crippen LogP contribution in [0.15, 0.2) is 72.2 Å². The van der Waals surface area contributed by atoms with Gasteiger partial charge >= 0.3 is 11.9 Å². The Morgan fingerprint density at radius 3 is 1.70 bits per heavy atom. The van der Waals surface area contributed by atoms with Gasteiger partial charge in [-0.15, -0.1) is 0 Å². The fraction of sp³-hybridized carbons (Fsp3) is 0.111. The van der Waals surface area contributed by atoms with Gasteiger partial charge in [-0.05, 0) is 60.7 Å².